The van der Waals surface area contributed by atoms with E-state index in [1.165, 1.54) is 0 Å². The molecule has 0 aromatic heterocycles. The molecule has 1 amide bonds. The van der Waals surface area contributed by atoms with E-state index in [0.29, 0.717) is 18.0 Å². The van der Waals surface area contributed by atoms with Gasteiger partial charge in [0.25, 0.3) is 0 Å². The molecule has 2 rings (SSSR count). The van der Waals surface area contributed by atoms with E-state index in [-0.39, 0.29) is 6.79 Å². The van der Waals surface area contributed by atoms with Gasteiger partial charge in [-0.05, 0) is 31.2 Å². The van der Waals surface area contributed by atoms with Gasteiger partial charge < -0.3 is 20.5 Å². The Kier molecular flexibility index (Phi) is 2.93. The monoisotopic (exact) mass is 236 g/mol. The van der Waals surface area contributed by atoms with Crippen LogP contribution in [-0.2, 0) is 10.3 Å². The fourth-order valence-corrected chi connectivity index (χ4v) is 1.89. The molecule has 0 radical (unpaired) electrons. The molecule has 5 heteroatoms. The van der Waals surface area contributed by atoms with Crippen molar-refractivity contribution in [2.24, 2.45) is 5.73 Å². The van der Waals surface area contributed by atoms with Crippen LogP contribution in [0, 0.1) is 0 Å². The molecule has 0 bridgehead atoms. The van der Waals surface area contributed by atoms with Gasteiger partial charge in [0.1, 0.15) is 5.54 Å². The van der Waals surface area contributed by atoms with Gasteiger partial charge in [-0.1, -0.05) is 13.0 Å². The van der Waals surface area contributed by atoms with Crippen LogP contribution in [0.5, 0.6) is 11.5 Å². The lowest BCUT2D eigenvalue weighted by Gasteiger charge is -2.27. The van der Waals surface area contributed by atoms with Crippen molar-refractivity contribution < 1.29 is 14.3 Å². The van der Waals surface area contributed by atoms with E-state index in [1.54, 1.807) is 19.1 Å². The van der Waals surface area contributed by atoms with Crippen molar-refractivity contribution in [1.82, 2.24) is 5.32 Å². The first-order valence-electron chi connectivity index (χ1n) is 5.53. The zero-order chi connectivity index (χ0) is 12.5. The lowest BCUT2D eigenvalue weighted by atomic mass is 9.91. The summed E-state index contributed by atoms with van der Waals surface area (Å²) >= 11 is 0. The van der Waals surface area contributed by atoms with Crippen LogP contribution in [0.4, 0.5) is 0 Å². The predicted molar refractivity (Wildman–Crippen MR) is 62.8 cm³/mol. The Morgan fingerprint density at radius 1 is 1.47 bits per heavy atom. The molecule has 0 aliphatic carbocycles. The molecule has 1 aromatic rings. The van der Waals surface area contributed by atoms with Gasteiger partial charge >= 0.3 is 0 Å². The van der Waals surface area contributed by atoms with E-state index in [9.17, 15) is 4.79 Å². The van der Waals surface area contributed by atoms with Crippen LogP contribution in [0.2, 0.25) is 0 Å². The number of nitrogens with two attached hydrogens (primary N) is 1. The minimum Gasteiger partial charge on any atom is -0.454 e. The average molecular weight is 236 g/mol. The number of benzene rings is 1. The Morgan fingerprint density at radius 2 is 2.18 bits per heavy atom. The Hall–Kier alpha value is -1.75. The number of fused-ring (bicyclic) bond motifs is 1. The van der Waals surface area contributed by atoms with Gasteiger partial charge in [0.05, 0.1) is 0 Å². The maximum absolute atomic E-state index is 11.6. The summed E-state index contributed by atoms with van der Waals surface area (Å²) < 4.78 is 10.5. The second-order valence-electron chi connectivity index (χ2n) is 4.09. The highest BCUT2D eigenvalue weighted by atomic mass is 16.7. The molecule has 0 spiro atoms. The Labute approximate surface area is 99.9 Å². The van der Waals surface area contributed by atoms with Gasteiger partial charge in [-0.25, -0.2) is 0 Å². The van der Waals surface area contributed by atoms with E-state index in [2.05, 4.69) is 5.32 Å². The summed E-state index contributed by atoms with van der Waals surface area (Å²) in [5.74, 6) is 0.920. The highest BCUT2D eigenvalue weighted by molar-refractivity contribution is 5.86. The number of carbonyl (C=O) groups is 1. The molecule has 1 atom stereocenters. The molecule has 0 saturated carbocycles. The maximum Gasteiger partial charge on any atom is 0.242 e. The Morgan fingerprint density at radius 3 is 2.82 bits per heavy atom. The van der Waals surface area contributed by atoms with Crippen molar-refractivity contribution in [2.75, 3.05) is 13.3 Å². The molecule has 5 nitrogen and oxygen atoms in total. The van der Waals surface area contributed by atoms with E-state index < -0.39 is 11.4 Å². The number of amides is 1. The number of likely N-dealkylation sites (N-methyl/N-ethyl adjacent to an activating group) is 1. The molecular formula is C12H16N2O3. The highest BCUT2D eigenvalue weighted by Gasteiger charge is 2.33. The first-order chi connectivity index (χ1) is 8.08. The van der Waals surface area contributed by atoms with Gasteiger partial charge in [0, 0.05) is 0 Å². The standard InChI is InChI=1S/C12H16N2O3/c1-3-14-12(2,11(13)15)8-4-5-9-10(6-8)17-7-16-9/h4-6,14H,3,7H2,1-2H3,(H2,13,15). The predicted octanol–water partition coefficient (Wildman–Crippen LogP) is 0.725. The summed E-state index contributed by atoms with van der Waals surface area (Å²) in [6, 6.07) is 5.40. The van der Waals surface area contributed by atoms with Gasteiger partial charge in [-0.2, -0.15) is 0 Å². The Bertz CT molecular complexity index is 447. The molecule has 92 valence electrons. The van der Waals surface area contributed by atoms with Crippen LogP contribution in [-0.4, -0.2) is 19.2 Å². The van der Waals surface area contributed by atoms with Crippen LogP contribution >= 0.6 is 0 Å². The minimum atomic E-state index is -0.893. The second-order valence-corrected chi connectivity index (χ2v) is 4.09. The van der Waals surface area contributed by atoms with Crippen molar-refractivity contribution >= 4 is 5.91 Å². The van der Waals surface area contributed by atoms with Crippen molar-refractivity contribution in [3.63, 3.8) is 0 Å². The third kappa shape index (κ3) is 1.93. The molecule has 1 heterocycles. The van der Waals surface area contributed by atoms with Crippen LogP contribution < -0.4 is 20.5 Å². The first kappa shape index (κ1) is 11.7. The molecule has 1 aliphatic heterocycles. The lowest BCUT2D eigenvalue weighted by molar-refractivity contribution is -0.124. The minimum absolute atomic E-state index is 0.216. The zero-order valence-corrected chi connectivity index (χ0v) is 9.95. The number of hydrogen-bond acceptors (Lipinski definition) is 4. The average Bonchev–Trinajstić information content (AvgIpc) is 2.75. The third-order valence-electron chi connectivity index (χ3n) is 2.97. The number of carbonyl (C=O) groups excluding carboxylic acids is 1. The molecule has 17 heavy (non-hydrogen) atoms. The Balaban J connectivity index is 2.40. The summed E-state index contributed by atoms with van der Waals surface area (Å²) in [6.45, 7) is 4.55. The SMILES string of the molecule is CCNC(C)(C(N)=O)c1ccc2c(c1)OCO2. The number of primary amides is 1. The van der Waals surface area contributed by atoms with E-state index in [0.717, 1.165) is 5.56 Å². The summed E-state index contributed by atoms with van der Waals surface area (Å²) in [7, 11) is 0. The molecule has 1 aromatic carbocycles. The van der Waals surface area contributed by atoms with E-state index >= 15 is 0 Å². The van der Waals surface area contributed by atoms with Crippen molar-refractivity contribution in [1.29, 1.82) is 0 Å². The number of rotatable bonds is 4. The molecule has 1 aliphatic rings. The van der Waals surface area contributed by atoms with Crippen LogP contribution in [0.3, 0.4) is 0 Å². The summed E-state index contributed by atoms with van der Waals surface area (Å²) in [5, 5.41) is 3.10. The first-order valence-corrected chi connectivity index (χ1v) is 5.53. The highest BCUT2D eigenvalue weighted by Crippen LogP contribution is 2.35. The summed E-state index contributed by atoms with van der Waals surface area (Å²) in [6.07, 6.45) is 0. The number of nitrogens with one attached hydrogen (secondary N) is 1. The van der Waals surface area contributed by atoms with Gasteiger partial charge in [-0.3, -0.25) is 4.79 Å². The third-order valence-corrected chi connectivity index (χ3v) is 2.97. The smallest absolute Gasteiger partial charge is 0.242 e. The second kappa shape index (κ2) is 4.25. The quantitative estimate of drug-likeness (QED) is 0.808. The fraction of sp³-hybridized carbons (Fsp3) is 0.417. The number of ether oxygens (including phenoxy) is 2. The van der Waals surface area contributed by atoms with E-state index in [4.69, 9.17) is 15.2 Å². The van der Waals surface area contributed by atoms with Gasteiger partial charge in [-0.15, -0.1) is 0 Å². The molecule has 0 saturated heterocycles. The fourth-order valence-electron chi connectivity index (χ4n) is 1.89. The molecule has 1 unspecified atom stereocenters. The van der Waals surface area contributed by atoms with Gasteiger partial charge in [0.15, 0.2) is 11.5 Å². The summed E-state index contributed by atoms with van der Waals surface area (Å²) in [4.78, 5) is 11.6. The zero-order valence-electron chi connectivity index (χ0n) is 9.95. The topological polar surface area (TPSA) is 73.6 Å². The maximum atomic E-state index is 11.6. The van der Waals surface area contributed by atoms with Crippen LogP contribution in [0.15, 0.2) is 18.2 Å². The lowest BCUT2D eigenvalue weighted by Crippen LogP contribution is -2.50. The molecule has 0 fully saturated rings. The molecular weight excluding hydrogens is 220 g/mol. The number of hydrogen-bond donors (Lipinski definition) is 2. The van der Waals surface area contributed by atoms with Crippen LogP contribution in [0.1, 0.15) is 19.4 Å². The van der Waals surface area contributed by atoms with E-state index in [1.807, 2.05) is 13.0 Å². The van der Waals surface area contributed by atoms with Crippen molar-refractivity contribution in [3.05, 3.63) is 23.8 Å². The largest absolute Gasteiger partial charge is 0.454 e. The van der Waals surface area contributed by atoms with Crippen molar-refractivity contribution in [3.8, 4) is 11.5 Å². The summed E-state index contributed by atoms with van der Waals surface area (Å²) in [5.41, 5.74) is 5.34. The van der Waals surface area contributed by atoms with Gasteiger partial charge in [0.2, 0.25) is 12.7 Å². The van der Waals surface area contributed by atoms with Crippen LogP contribution in [0.25, 0.3) is 0 Å². The molecule has 3 N–H and O–H groups in total. The van der Waals surface area contributed by atoms with Crippen molar-refractivity contribution in [2.45, 2.75) is 19.4 Å². The normalized spacial score (nSPS) is 16.6.